The highest BCUT2D eigenvalue weighted by molar-refractivity contribution is 6.74. The van der Waals surface area contributed by atoms with Crippen LogP contribution in [0.15, 0.2) is 103 Å². The Labute approximate surface area is 270 Å². The summed E-state index contributed by atoms with van der Waals surface area (Å²) in [6.45, 7) is 12.3. The molecule has 0 unspecified atom stereocenters. The highest BCUT2D eigenvalue weighted by Gasteiger charge is 2.37. The van der Waals surface area contributed by atoms with Crippen LogP contribution in [0, 0.1) is 17.1 Å². The largest absolute Gasteiger partial charge is 0.417 e. The Morgan fingerprint density at radius 3 is 2.22 bits per heavy atom. The molecule has 0 amide bonds. The topological polar surface area (TPSA) is 68.7 Å². The van der Waals surface area contributed by atoms with Crippen LogP contribution >= 0.6 is 0 Å². The second-order valence-electron chi connectivity index (χ2n) is 13.0. The van der Waals surface area contributed by atoms with Crippen LogP contribution < -0.4 is 0 Å². The minimum absolute atomic E-state index is 0.112. The molecule has 0 atom stereocenters. The lowest BCUT2D eigenvalue weighted by Crippen LogP contribution is -2.41. The van der Waals surface area contributed by atoms with Crippen LogP contribution in [0.5, 0.6) is 0 Å². The van der Waals surface area contributed by atoms with Crippen LogP contribution in [0.1, 0.15) is 32.9 Å². The molecule has 0 aliphatic heterocycles. The first-order valence-electron chi connectivity index (χ1n) is 15.6. The second-order valence-corrected chi connectivity index (χ2v) is 17.8. The van der Waals surface area contributed by atoms with Gasteiger partial charge in [0, 0.05) is 41.5 Å². The minimum atomic E-state index is -1.91. The lowest BCUT2D eigenvalue weighted by atomic mass is 9.98. The van der Waals surface area contributed by atoms with E-state index < -0.39 is 8.32 Å². The third kappa shape index (κ3) is 5.92. The van der Waals surface area contributed by atoms with Crippen molar-refractivity contribution in [2.24, 2.45) is 0 Å². The fourth-order valence-corrected chi connectivity index (χ4v) is 6.63. The lowest BCUT2D eigenvalue weighted by Gasteiger charge is -2.36. The van der Waals surface area contributed by atoms with Crippen molar-refractivity contribution in [1.29, 1.82) is 5.26 Å². The first-order chi connectivity index (χ1) is 22.1. The Hall–Kier alpha value is -4.84. The molecule has 46 heavy (non-hydrogen) atoms. The van der Waals surface area contributed by atoms with Crippen molar-refractivity contribution in [2.45, 2.75) is 51.9 Å². The maximum absolute atomic E-state index is 14.1. The van der Waals surface area contributed by atoms with Crippen molar-refractivity contribution < 1.29 is 8.82 Å². The monoisotopic (exact) mass is 627 g/mol. The lowest BCUT2D eigenvalue weighted by molar-refractivity contribution is 0.272. The van der Waals surface area contributed by atoms with Crippen molar-refractivity contribution in [3.63, 3.8) is 0 Å². The number of fused-ring (bicyclic) bond motifs is 1. The molecule has 8 heteroatoms. The van der Waals surface area contributed by atoms with Gasteiger partial charge in [0.1, 0.15) is 28.9 Å². The van der Waals surface area contributed by atoms with Gasteiger partial charge in [0.25, 0.3) is 0 Å². The molecule has 232 valence electrons. The number of nitriles is 1. The van der Waals surface area contributed by atoms with E-state index in [2.05, 4.69) is 74.8 Å². The first kappa shape index (κ1) is 31.2. The number of nitrogens with zero attached hydrogens (tertiary/aromatic N) is 5. The SMILES string of the molecule is CC(C)(C)[Si](C)(C)OCCCn1nc(-c2ccnc3c2cc(-c2ccccc2)n3-c2ccccc2)c(-c2ccc(F)cc2)c1C#N. The predicted molar refractivity (Wildman–Crippen MR) is 186 cm³/mol. The highest BCUT2D eigenvalue weighted by Crippen LogP contribution is 2.41. The van der Waals surface area contributed by atoms with E-state index in [1.54, 1.807) is 23.0 Å². The number of hydrogen-bond donors (Lipinski definition) is 0. The highest BCUT2D eigenvalue weighted by atomic mass is 28.4. The third-order valence-electron chi connectivity index (χ3n) is 9.02. The molecule has 0 aliphatic rings. The molecular weight excluding hydrogens is 590 g/mol. The predicted octanol–water partition coefficient (Wildman–Crippen LogP) is 9.65. The molecule has 0 fully saturated rings. The van der Waals surface area contributed by atoms with Crippen LogP contribution in [0.3, 0.4) is 0 Å². The minimum Gasteiger partial charge on any atom is -0.417 e. The number of halogens is 1. The fourth-order valence-electron chi connectivity index (χ4n) is 5.54. The smallest absolute Gasteiger partial charge is 0.191 e. The van der Waals surface area contributed by atoms with Gasteiger partial charge in [-0.25, -0.2) is 9.37 Å². The van der Waals surface area contributed by atoms with Gasteiger partial charge in [0.05, 0.1) is 5.69 Å². The van der Waals surface area contributed by atoms with Crippen molar-refractivity contribution in [1.82, 2.24) is 19.3 Å². The first-order valence-corrected chi connectivity index (χ1v) is 18.5. The van der Waals surface area contributed by atoms with Crippen molar-refractivity contribution in [3.8, 4) is 45.4 Å². The molecule has 0 bridgehead atoms. The molecule has 0 radical (unpaired) electrons. The number of rotatable bonds is 9. The van der Waals surface area contributed by atoms with Gasteiger partial charge < -0.3 is 4.43 Å². The number of pyridine rings is 1. The number of para-hydroxylation sites is 1. The Bertz CT molecular complexity index is 2020. The fraction of sp³-hybridized carbons (Fsp3) is 0.237. The normalized spacial score (nSPS) is 12.0. The van der Waals surface area contributed by atoms with Gasteiger partial charge in [-0.05, 0) is 72.1 Å². The summed E-state index contributed by atoms with van der Waals surface area (Å²) in [5, 5.41) is 16.6. The number of hydrogen-bond acceptors (Lipinski definition) is 4. The Morgan fingerprint density at radius 1 is 0.891 bits per heavy atom. The molecule has 3 aromatic heterocycles. The van der Waals surface area contributed by atoms with Gasteiger partial charge in [-0.15, -0.1) is 0 Å². The van der Waals surface area contributed by atoms with Gasteiger partial charge >= 0.3 is 0 Å². The van der Waals surface area contributed by atoms with Crippen LogP contribution in [-0.2, 0) is 11.0 Å². The molecule has 0 saturated carbocycles. The molecule has 6 aromatic rings. The maximum Gasteiger partial charge on any atom is 0.191 e. The van der Waals surface area contributed by atoms with Crippen molar-refractivity contribution in [3.05, 3.63) is 115 Å². The van der Waals surface area contributed by atoms with Crippen molar-refractivity contribution >= 4 is 19.4 Å². The summed E-state index contributed by atoms with van der Waals surface area (Å²) < 4.78 is 24.4. The summed E-state index contributed by atoms with van der Waals surface area (Å²) in [7, 11) is -1.91. The van der Waals surface area contributed by atoms with Crippen LogP contribution in [0.2, 0.25) is 18.1 Å². The zero-order valence-electron chi connectivity index (χ0n) is 27.0. The van der Waals surface area contributed by atoms with E-state index in [1.165, 1.54) is 12.1 Å². The van der Waals surface area contributed by atoms with Gasteiger partial charge in [0.15, 0.2) is 8.32 Å². The summed E-state index contributed by atoms with van der Waals surface area (Å²) in [5.74, 6) is -0.335. The van der Waals surface area contributed by atoms with Crippen LogP contribution in [0.4, 0.5) is 4.39 Å². The summed E-state index contributed by atoms with van der Waals surface area (Å²) in [6.07, 6.45) is 2.50. The molecule has 3 heterocycles. The zero-order chi connectivity index (χ0) is 32.5. The molecule has 0 spiro atoms. The molecular formula is C38H38FN5OSi. The third-order valence-corrected chi connectivity index (χ3v) is 13.6. The molecule has 6 rings (SSSR count). The van der Waals surface area contributed by atoms with E-state index in [1.807, 2.05) is 42.5 Å². The second kappa shape index (κ2) is 12.5. The summed E-state index contributed by atoms with van der Waals surface area (Å²) in [5.41, 5.74) is 7.17. The van der Waals surface area contributed by atoms with Crippen LogP contribution in [-0.4, -0.2) is 34.3 Å². The Kier molecular flexibility index (Phi) is 8.47. The standard InChI is InChI=1S/C38H38FN5OSi/c1-38(2,3)46(4,5)45-24-12-23-43-34(26-40)35(28-17-19-29(39)20-18-28)36(42-43)31-21-22-41-37-32(31)25-33(27-13-8-6-9-14-27)44(37)30-15-10-7-11-16-30/h6-11,13-22,25H,12,23-24H2,1-5H3. The van der Waals surface area contributed by atoms with Gasteiger partial charge in [-0.2, -0.15) is 10.4 Å². The molecule has 3 aromatic carbocycles. The maximum atomic E-state index is 14.1. The average Bonchev–Trinajstić information content (AvgIpc) is 3.62. The summed E-state index contributed by atoms with van der Waals surface area (Å²) >= 11 is 0. The van der Waals surface area contributed by atoms with E-state index in [0.717, 1.165) is 39.1 Å². The number of aromatic nitrogens is 4. The molecule has 6 nitrogen and oxygen atoms in total. The zero-order valence-corrected chi connectivity index (χ0v) is 28.0. The Morgan fingerprint density at radius 2 is 1.57 bits per heavy atom. The van der Waals surface area contributed by atoms with Gasteiger partial charge in [-0.1, -0.05) is 81.4 Å². The quantitative estimate of drug-likeness (QED) is 0.118. The Balaban J connectivity index is 1.51. The van der Waals surface area contributed by atoms with E-state index in [0.29, 0.717) is 36.5 Å². The molecule has 0 saturated heterocycles. The van der Waals surface area contributed by atoms with Gasteiger partial charge in [0.2, 0.25) is 0 Å². The molecule has 0 N–H and O–H groups in total. The van der Waals surface area contributed by atoms with Crippen molar-refractivity contribution in [2.75, 3.05) is 6.61 Å². The van der Waals surface area contributed by atoms with Crippen LogP contribution in [0.25, 0.3) is 50.4 Å². The average molecular weight is 628 g/mol. The number of aryl methyl sites for hydroxylation is 1. The van der Waals surface area contributed by atoms with E-state index in [9.17, 15) is 9.65 Å². The van der Waals surface area contributed by atoms with E-state index in [4.69, 9.17) is 14.5 Å². The molecule has 0 aliphatic carbocycles. The number of benzene rings is 3. The summed E-state index contributed by atoms with van der Waals surface area (Å²) in [6, 6.07) is 33.2. The van der Waals surface area contributed by atoms with E-state index >= 15 is 0 Å². The summed E-state index contributed by atoms with van der Waals surface area (Å²) in [4.78, 5) is 4.86. The van der Waals surface area contributed by atoms with E-state index in [-0.39, 0.29) is 10.9 Å². The van der Waals surface area contributed by atoms with Gasteiger partial charge in [-0.3, -0.25) is 9.25 Å².